The molecular formula is C30H53N6O7P. The lowest BCUT2D eigenvalue weighted by atomic mass is 9.98. The first kappa shape index (κ1) is 37.6. The van der Waals surface area contributed by atoms with Crippen molar-refractivity contribution in [2.24, 2.45) is 17.8 Å². The van der Waals surface area contributed by atoms with Crippen molar-refractivity contribution in [1.82, 2.24) is 24.6 Å². The summed E-state index contributed by atoms with van der Waals surface area (Å²) >= 11 is 0. The number of aliphatic hydroxyl groups excluding tert-OH is 1. The van der Waals surface area contributed by atoms with Gasteiger partial charge in [0.05, 0.1) is 44.7 Å². The molecule has 1 unspecified atom stereocenters. The number of aliphatic hydroxyl groups is 1. The van der Waals surface area contributed by atoms with Crippen LogP contribution in [0.2, 0.25) is 0 Å². The number of aromatic nitrogens is 4. The smallest absolute Gasteiger partial charge is 0.323 e. The Hall–Kier alpha value is -2.60. The van der Waals surface area contributed by atoms with Crippen LogP contribution in [0.4, 0.5) is 5.82 Å². The summed E-state index contributed by atoms with van der Waals surface area (Å²) in [6.45, 7) is 11.9. The Morgan fingerprint density at radius 2 is 1.61 bits per heavy atom. The van der Waals surface area contributed by atoms with Crippen LogP contribution in [-0.2, 0) is 34.9 Å². The summed E-state index contributed by atoms with van der Waals surface area (Å²) in [4.78, 5) is 38.7. The molecule has 0 radical (unpaired) electrons. The Labute approximate surface area is 261 Å². The molecule has 0 aliphatic rings. The Morgan fingerprint density at radius 1 is 0.977 bits per heavy atom. The molecular weight excluding hydrogens is 587 g/mol. The van der Waals surface area contributed by atoms with Crippen LogP contribution in [0.1, 0.15) is 80.1 Å². The predicted molar refractivity (Wildman–Crippen MR) is 170 cm³/mol. The van der Waals surface area contributed by atoms with Gasteiger partial charge in [0.15, 0.2) is 18.8 Å². The summed E-state index contributed by atoms with van der Waals surface area (Å²) in [5.74, 6) is -1.83. The van der Waals surface area contributed by atoms with Crippen molar-refractivity contribution in [3.63, 3.8) is 0 Å². The maximum atomic E-state index is 14.7. The molecule has 2 aromatic rings. The standard InChI is InChI=1S/C30H53N6O7P/c1-7-9-11-13-41-29(38)24(21(3)4)17-44(40,35-25(22(5)6)30(39)42-14-12-10-8-2)20-43-23(16-37)15-36-19-34-26-27(31)32-18-33-28(26)36/h18-19,21-25,37H,7-17,20H2,1-6H3,(H,35,40)(H2,31,32,33)/t23-,24-,25-,44?/m0/s1. The van der Waals surface area contributed by atoms with Gasteiger partial charge in [-0.15, -0.1) is 0 Å². The minimum atomic E-state index is -3.61. The van der Waals surface area contributed by atoms with E-state index in [-0.39, 0.29) is 49.9 Å². The molecule has 0 aliphatic heterocycles. The number of hydrogen-bond acceptors (Lipinski definition) is 11. The van der Waals surface area contributed by atoms with Gasteiger partial charge in [0.1, 0.15) is 24.2 Å². The van der Waals surface area contributed by atoms with Crippen molar-refractivity contribution in [3.8, 4) is 0 Å². The predicted octanol–water partition coefficient (Wildman–Crippen LogP) is 4.37. The first-order chi connectivity index (χ1) is 21.0. The fraction of sp³-hybridized carbons (Fsp3) is 0.767. The molecule has 4 atom stereocenters. The van der Waals surface area contributed by atoms with Crippen LogP contribution < -0.4 is 10.8 Å². The lowest BCUT2D eigenvalue weighted by molar-refractivity contribution is -0.149. The summed E-state index contributed by atoms with van der Waals surface area (Å²) in [6.07, 6.45) is 6.98. The van der Waals surface area contributed by atoms with Gasteiger partial charge in [-0.3, -0.25) is 14.7 Å². The van der Waals surface area contributed by atoms with E-state index < -0.39 is 37.3 Å². The number of anilines is 1. The Balaban J connectivity index is 2.29. The molecule has 0 aliphatic carbocycles. The second kappa shape index (κ2) is 19.0. The summed E-state index contributed by atoms with van der Waals surface area (Å²) in [7, 11) is -3.61. The number of ether oxygens (including phenoxy) is 3. The van der Waals surface area contributed by atoms with Gasteiger partial charge in [-0.2, -0.15) is 0 Å². The first-order valence-electron chi connectivity index (χ1n) is 15.8. The summed E-state index contributed by atoms with van der Waals surface area (Å²) in [5.41, 5.74) is 6.79. The summed E-state index contributed by atoms with van der Waals surface area (Å²) in [6, 6.07) is -0.885. The van der Waals surface area contributed by atoms with E-state index >= 15 is 0 Å². The largest absolute Gasteiger partial charge is 0.465 e. The molecule has 14 heteroatoms. The quantitative estimate of drug-likeness (QED) is 0.0940. The second-order valence-electron chi connectivity index (χ2n) is 12.0. The molecule has 0 fully saturated rings. The molecule has 0 aromatic carbocycles. The number of imidazole rings is 1. The minimum Gasteiger partial charge on any atom is -0.465 e. The second-order valence-corrected chi connectivity index (χ2v) is 14.6. The molecule has 44 heavy (non-hydrogen) atoms. The van der Waals surface area contributed by atoms with Crippen molar-refractivity contribution < 1.29 is 33.5 Å². The zero-order chi connectivity index (χ0) is 32.7. The number of hydrogen-bond donors (Lipinski definition) is 3. The van der Waals surface area contributed by atoms with Crippen LogP contribution in [0, 0.1) is 17.8 Å². The van der Waals surface area contributed by atoms with Gasteiger partial charge < -0.3 is 34.2 Å². The van der Waals surface area contributed by atoms with Gasteiger partial charge in [0.2, 0.25) is 0 Å². The number of nitrogens with zero attached hydrogens (tertiary/aromatic N) is 4. The average molecular weight is 641 g/mol. The Bertz CT molecular complexity index is 1170. The van der Waals surface area contributed by atoms with Crippen molar-refractivity contribution in [1.29, 1.82) is 0 Å². The van der Waals surface area contributed by atoms with Crippen LogP contribution in [0.3, 0.4) is 0 Å². The summed E-state index contributed by atoms with van der Waals surface area (Å²) < 4.78 is 33.5. The average Bonchev–Trinajstić information content (AvgIpc) is 3.40. The van der Waals surface area contributed by atoms with Crippen molar-refractivity contribution in [3.05, 3.63) is 12.7 Å². The van der Waals surface area contributed by atoms with E-state index in [1.165, 1.54) is 12.7 Å². The third-order valence-corrected chi connectivity index (χ3v) is 9.73. The SMILES string of the molecule is CCCCCOC(=O)[C@@H](CP(=O)(CO[C@H](CO)Cn1cnc2c(N)ncnc21)N[C@H](C(=O)OCCCCC)C(C)C)C(C)C. The Kier molecular flexibility index (Phi) is 16.3. The number of fused-ring (bicyclic) bond motifs is 1. The van der Waals surface area contributed by atoms with Crippen molar-refractivity contribution in [2.75, 3.05) is 38.1 Å². The molecule has 0 bridgehead atoms. The van der Waals surface area contributed by atoms with E-state index in [9.17, 15) is 19.3 Å². The zero-order valence-corrected chi connectivity index (χ0v) is 28.1. The van der Waals surface area contributed by atoms with Crippen LogP contribution in [0.15, 0.2) is 12.7 Å². The van der Waals surface area contributed by atoms with Gasteiger partial charge in [-0.1, -0.05) is 67.2 Å². The molecule has 0 amide bonds. The molecule has 13 nitrogen and oxygen atoms in total. The van der Waals surface area contributed by atoms with Gasteiger partial charge in [0, 0.05) is 6.16 Å². The van der Waals surface area contributed by atoms with E-state index in [1.807, 2.05) is 27.7 Å². The molecule has 0 saturated carbocycles. The number of nitrogens with one attached hydrogen (secondary N) is 1. The van der Waals surface area contributed by atoms with Crippen LogP contribution in [0.25, 0.3) is 11.2 Å². The lowest BCUT2D eigenvalue weighted by Crippen LogP contribution is -2.43. The minimum absolute atomic E-state index is 0.0838. The molecule has 2 aromatic heterocycles. The number of carbonyl (C=O) groups is 2. The third kappa shape index (κ3) is 11.7. The monoisotopic (exact) mass is 640 g/mol. The first-order valence-corrected chi connectivity index (χ1v) is 17.9. The van der Waals surface area contributed by atoms with Crippen LogP contribution >= 0.6 is 7.29 Å². The molecule has 2 rings (SSSR count). The third-order valence-electron chi connectivity index (χ3n) is 7.43. The Morgan fingerprint density at radius 3 is 2.18 bits per heavy atom. The number of nitrogens with two attached hydrogens (primary N) is 1. The highest BCUT2D eigenvalue weighted by molar-refractivity contribution is 7.61. The fourth-order valence-corrected chi connectivity index (χ4v) is 7.49. The molecule has 250 valence electrons. The molecule has 0 saturated heterocycles. The van der Waals surface area contributed by atoms with E-state index in [4.69, 9.17) is 19.9 Å². The van der Waals surface area contributed by atoms with Crippen molar-refractivity contribution in [2.45, 2.75) is 98.8 Å². The van der Waals surface area contributed by atoms with Gasteiger partial charge in [-0.05, 0) is 24.7 Å². The topological polar surface area (TPSA) is 181 Å². The maximum Gasteiger partial charge on any atom is 0.323 e. The van der Waals surface area contributed by atoms with Gasteiger partial charge in [-0.25, -0.2) is 15.0 Å². The highest BCUT2D eigenvalue weighted by Gasteiger charge is 2.39. The number of carbonyl (C=O) groups excluding carboxylic acids is 2. The molecule has 4 N–H and O–H groups in total. The van der Waals surface area contributed by atoms with E-state index in [0.29, 0.717) is 17.8 Å². The lowest BCUT2D eigenvalue weighted by Gasteiger charge is -2.31. The zero-order valence-electron chi connectivity index (χ0n) is 27.2. The van der Waals surface area contributed by atoms with E-state index in [1.54, 1.807) is 4.57 Å². The van der Waals surface area contributed by atoms with Crippen LogP contribution in [0.5, 0.6) is 0 Å². The number of unbranched alkanes of at least 4 members (excludes halogenated alkanes) is 4. The van der Waals surface area contributed by atoms with E-state index in [2.05, 4.69) is 33.9 Å². The maximum absolute atomic E-state index is 14.7. The normalized spacial score (nSPS) is 15.3. The fourth-order valence-electron chi connectivity index (χ4n) is 4.63. The van der Waals surface area contributed by atoms with Gasteiger partial charge in [0.25, 0.3) is 0 Å². The van der Waals surface area contributed by atoms with Crippen LogP contribution in [-0.4, -0.2) is 81.0 Å². The highest BCUT2D eigenvalue weighted by Crippen LogP contribution is 2.46. The molecule has 2 heterocycles. The number of nitrogen functional groups attached to an aromatic ring is 1. The van der Waals surface area contributed by atoms with Crippen molar-refractivity contribution >= 4 is 36.2 Å². The molecule has 0 spiro atoms. The number of rotatable bonds is 22. The number of esters is 2. The van der Waals surface area contributed by atoms with Gasteiger partial charge >= 0.3 is 11.9 Å². The highest BCUT2D eigenvalue weighted by atomic mass is 31.2. The van der Waals surface area contributed by atoms with E-state index in [0.717, 1.165) is 38.5 Å². The summed E-state index contributed by atoms with van der Waals surface area (Å²) in [5, 5.41) is 13.2.